The minimum absolute atomic E-state index is 0.443. The van der Waals surface area contributed by atoms with Gasteiger partial charge in [-0.15, -0.1) is 0 Å². The highest BCUT2D eigenvalue weighted by Gasteiger charge is 2.18. The largest absolute Gasteiger partial charge is 0.497 e. The first kappa shape index (κ1) is 15.1. The predicted octanol–water partition coefficient (Wildman–Crippen LogP) is 3.35. The summed E-state index contributed by atoms with van der Waals surface area (Å²) < 4.78 is 5.32. The summed E-state index contributed by atoms with van der Waals surface area (Å²) in [5.74, 6) is 1.62. The fraction of sp³-hybridized carbons (Fsp3) is 0.562. The van der Waals surface area contributed by atoms with Crippen molar-refractivity contribution in [1.82, 2.24) is 0 Å². The lowest BCUT2D eigenvalue weighted by Gasteiger charge is -2.29. The topological polar surface area (TPSA) is 38.5 Å². The molecular weight excluding hydrogens is 268 g/mol. The van der Waals surface area contributed by atoms with Crippen LogP contribution in [0.5, 0.6) is 5.75 Å². The Morgan fingerprint density at radius 1 is 1.35 bits per heavy atom. The lowest BCUT2D eigenvalue weighted by molar-refractivity contribution is 0.362. The molecular formula is C16H24N2OS. The van der Waals surface area contributed by atoms with Crippen LogP contribution in [-0.2, 0) is 0 Å². The Kier molecular flexibility index (Phi) is 5.24. The fourth-order valence-electron chi connectivity index (χ4n) is 3.02. The molecule has 110 valence electrons. The van der Waals surface area contributed by atoms with E-state index in [1.54, 1.807) is 7.11 Å². The average molecular weight is 292 g/mol. The van der Waals surface area contributed by atoms with Gasteiger partial charge in [-0.3, -0.25) is 0 Å². The van der Waals surface area contributed by atoms with Crippen molar-refractivity contribution in [3.63, 3.8) is 0 Å². The second-order valence-electron chi connectivity index (χ2n) is 5.63. The van der Waals surface area contributed by atoms with E-state index in [0.29, 0.717) is 4.99 Å². The number of rotatable bonds is 5. The molecule has 0 aromatic heterocycles. The second-order valence-corrected chi connectivity index (χ2v) is 6.07. The molecule has 0 bridgehead atoms. The monoisotopic (exact) mass is 292 g/mol. The summed E-state index contributed by atoms with van der Waals surface area (Å²) in [6.45, 7) is 1.06. The highest BCUT2D eigenvalue weighted by molar-refractivity contribution is 7.80. The average Bonchev–Trinajstić information content (AvgIpc) is 2.47. The number of nitrogens with zero attached hydrogens (tertiary/aromatic N) is 1. The van der Waals surface area contributed by atoms with Gasteiger partial charge in [-0.25, -0.2) is 0 Å². The second kappa shape index (κ2) is 6.93. The van der Waals surface area contributed by atoms with Crippen molar-refractivity contribution in [3.8, 4) is 5.75 Å². The summed E-state index contributed by atoms with van der Waals surface area (Å²) in [5.41, 5.74) is 7.84. The molecule has 0 spiro atoms. The van der Waals surface area contributed by atoms with Crippen molar-refractivity contribution in [2.45, 2.75) is 32.1 Å². The predicted molar refractivity (Wildman–Crippen MR) is 88.7 cm³/mol. The maximum Gasteiger partial charge on any atom is 0.120 e. The number of nitrogens with two attached hydrogens (primary N) is 1. The molecule has 1 aliphatic rings. The van der Waals surface area contributed by atoms with Crippen molar-refractivity contribution in [2.24, 2.45) is 11.7 Å². The van der Waals surface area contributed by atoms with Crippen LogP contribution in [0.15, 0.2) is 18.2 Å². The van der Waals surface area contributed by atoms with E-state index in [-0.39, 0.29) is 0 Å². The van der Waals surface area contributed by atoms with Crippen molar-refractivity contribution in [1.29, 1.82) is 0 Å². The summed E-state index contributed by atoms with van der Waals surface area (Å²) in [5, 5.41) is 0. The zero-order valence-corrected chi connectivity index (χ0v) is 13.2. The first-order valence-corrected chi connectivity index (χ1v) is 7.71. The molecule has 1 saturated carbocycles. The third kappa shape index (κ3) is 3.63. The Bertz CT molecular complexity index is 470. The van der Waals surface area contributed by atoms with Crippen LogP contribution < -0.4 is 15.4 Å². The van der Waals surface area contributed by atoms with E-state index >= 15 is 0 Å². The molecule has 0 amide bonds. The van der Waals surface area contributed by atoms with Crippen molar-refractivity contribution >= 4 is 22.9 Å². The molecule has 0 unspecified atom stereocenters. The summed E-state index contributed by atoms with van der Waals surface area (Å²) in [6.07, 6.45) is 6.77. The molecule has 1 aliphatic carbocycles. The maximum atomic E-state index is 5.84. The van der Waals surface area contributed by atoms with Crippen molar-refractivity contribution < 1.29 is 4.74 Å². The van der Waals surface area contributed by atoms with Crippen molar-refractivity contribution in [2.75, 3.05) is 25.6 Å². The van der Waals surface area contributed by atoms with Crippen LogP contribution >= 0.6 is 12.2 Å². The van der Waals surface area contributed by atoms with Gasteiger partial charge >= 0.3 is 0 Å². The van der Waals surface area contributed by atoms with E-state index in [1.807, 2.05) is 18.2 Å². The number of benzene rings is 1. The molecule has 2 rings (SSSR count). The van der Waals surface area contributed by atoms with Gasteiger partial charge in [0.1, 0.15) is 10.7 Å². The van der Waals surface area contributed by atoms with E-state index in [1.165, 1.54) is 32.1 Å². The molecule has 1 fully saturated rings. The lowest BCUT2D eigenvalue weighted by atomic mass is 9.89. The normalized spacial score (nSPS) is 15.9. The highest BCUT2D eigenvalue weighted by Crippen LogP contribution is 2.29. The molecule has 1 aromatic rings. The van der Waals surface area contributed by atoms with Gasteiger partial charge in [0.05, 0.1) is 12.8 Å². The van der Waals surface area contributed by atoms with Crippen LogP contribution in [0.2, 0.25) is 0 Å². The van der Waals surface area contributed by atoms with Crippen LogP contribution in [0.4, 0.5) is 5.69 Å². The van der Waals surface area contributed by atoms with Gasteiger partial charge in [-0.1, -0.05) is 31.5 Å². The third-order valence-corrected chi connectivity index (χ3v) is 4.36. The number of methoxy groups -OCH3 is 1. The summed E-state index contributed by atoms with van der Waals surface area (Å²) in [7, 11) is 3.80. The first-order valence-electron chi connectivity index (χ1n) is 7.30. The standard InChI is InChI=1S/C16H24N2OS/c1-18(11-12-6-4-3-5-7-12)15-10-13(19-2)8-9-14(15)16(17)20/h8-10,12H,3-7,11H2,1-2H3,(H2,17,20). The smallest absolute Gasteiger partial charge is 0.120 e. The van der Waals surface area contributed by atoms with Crippen LogP contribution in [0, 0.1) is 5.92 Å². The minimum Gasteiger partial charge on any atom is -0.497 e. The summed E-state index contributed by atoms with van der Waals surface area (Å²) >= 11 is 5.16. The Labute approximate surface area is 127 Å². The zero-order chi connectivity index (χ0) is 14.5. The van der Waals surface area contributed by atoms with Crippen LogP contribution in [0.25, 0.3) is 0 Å². The quantitative estimate of drug-likeness (QED) is 0.845. The van der Waals surface area contributed by atoms with Gasteiger partial charge in [-0.2, -0.15) is 0 Å². The molecule has 0 atom stereocenters. The summed E-state index contributed by atoms with van der Waals surface area (Å²) in [4.78, 5) is 2.71. The van der Waals surface area contributed by atoms with Gasteiger partial charge < -0.3 is 15.4 Å². The van der Waals surface area contributed by atoms with Crippen molar-refractivity contribution in [3.05, 3.63) is 23.8 Å². The van der Waals surface area contributed by atoms with Crippen LogP contribution in [-0.4, -0.2) is 25.7 Å². The zero-order valence-electron chi connectivity index (χ0n) is 12.4. The van der Waals surface area contributed by atoms with E-state index in [4.69, 9.17) is 22.7 Å². The molecule has 2 N–H and O–H groups in total. The van der Waals surface area contributed by atoms with Crippen LogP contribution in [0.3, 0.4) is 0 Å². The molecule has 1 aromatic carbocycles. The Morgan fingerprint density at radius 3 is 2.65 bits per heavy atom. The molecule has 0 radical (unpaired) electrons. The number of thiocarbonyl (C=S) groups is 1. The van der Waals surface area contributed by atoms with Gasteiger partial charge in [0, 0.05) is 25.2 Å². The molecule has 0 saturated heterocycles. The van der Waals surface area contributed by atoms with Gasteiger partial charge in [0.2, 0.25) is 0 Å². The SMILES string of the molecule is COc1ccc(C(N)=S)c(N(C)CC2CCCCC2)c1. The fourth-order valence-corrected chi connectivity index (χ4v) is 3.19. The Balaban J connectivity index is 2.17. The number of hydrogen-bond donors (Lipinski definition) is 1. The van der Waals surface area contributed by atoms with E-state index in [0.717, 1.165) is 29.5 Å². The Hall–Kier alpha value is -1.29. The van der Waals surface area contributed by atoms with Crippen LogP contribution in [0.1, 0.15) is 37.7 Å². The third-order valence-electron chi connectivity index (χ3n) is 4.14. The maximum absolute atomic E-state index is 5.84. The minimum atomic E-state index is 0.443. The molecule has 20 heavy (non-hydrogen) atoms. The summed E-state index contributed by atoms with van der Waals surface area (Å²) in [6, 6.07) is 5.89. The Morgan fingerprint density at radius 2 is 2.05 bits per heavy atom. The number of anilines is 1. The molecule has 0 aliphatic heterocycles. The van der Waals surface area contributed by atoms with Gasteiger partial charge in [0.25, 0.3) is 0 Å². The van der Waals surface area contributed by atoms with Gasteiger partial charge in [-0.05, 0) is 30.9 Å². The highest BCUT2D eigenvalue weighted by atomic mass is 32.1. The molecule has 0 heterocycles. The number of ether oxygens (including phenoxy) is 1. The number of hydrogen-bond acceptors (Lipinski definition) is 3. The van der Waals surface area contributed by atoms with Gasteiger partial charge in [0.15, 0.2) is 0 Å². The lowest BCUT2D eigenvalue weighted by Crippen LogP contribution is -2.28. The first-order chi connectivity index (χ1) is 9.61. The van der Waals surface area contributed by atoms with E-state index in [2.05, 4.69) is 11.9 Å². The molecule has 3 nitrogen and oxygen atoms in total. The van der Waals surface area contributed by atoms with E-state index in [9.17, 15) is 0 Å². The van der Waals surface area contributed by atoms with E-state index < -0.39 is 0 Å². The molecule has 4 heteroatoms.